The third kappa shape index (κ3) is 5.77. The van der Waals surface area contributed by atoms with Crippen LogP contribution in [0.4, 0.5) is 5.13 Å². The molecule has 1 aromatic rings. The van der Waals surface area contributed by atoms with Crippen molar-refractivity contribution in [3.8, 4) is 0 Å². The van der Waals surface area contributed by atoms with E-state index in [0.717, 1.165) is 12.8 Å². The largest absolute Gasteiger partial charge is 0.480 e. The molecule has 0 saturated heterocycles. The minimum Gasteiger partial charge on any atom is -0.480 e. The Morgan fingerprint density at radius 2 is 2.08 bits per heavy atom. The van der Waals surface area contributed by atoms with Crippen molar-refractivity contribution in [2.75, 3.05) is 18.4 Å². The fraction of sp³-hybridized carbons (Fsp3) is 0.647. The molecule has 3 N–H and O–H groups in total. The SMILES string of the molecule is CCN(CC(=O)O)C1CC(NC(=O)Cc2csc(NC(=O)C(C)C)n2)C1. The van der Waals surface area contributed by atoms with Crippen molar-refractivity contribution in [3.05, 3.63) is 11.1 Å². The number of likely N-dealkylation sites (N-methyl/N-ethyl adjacent to an activating group) is 1. The van der Waals surface area contributed by atoms with Crippen LogP contribution < -0.4 is 10.6 Å². The fourth-order valence-corrected chi connectivity index (χ4v) is 3.53. The molecule has 26 heavy (non-hydrogen) atoms. The monoisotopic (exact) mass is 382 g/mol. The highest BCUT2D eigenvalue weighted by atomic mass is 32.1. The van der Waals surface area contributed by atoms with Crippen LogP contribution in [0.15, 0.2) is 5.38 Å². The molecule has 2 amide bonds. The Labute approximate surface area is 157 Å². The number of nitrogens with one attached hydrogen (secondary N) is 2. The smallest absolute Gasteiger partial charge is 0.317 e. The molecule has 1 aliphatic carbocycles. The Morgan fingerprint density at radius 3 is 2.65 bits per heavy atom. The molecule has 0 aromatic carbocycles. The standard InChI is InChI=1S/C17H26N4O4S/c1-4-21(8-15(23)24)13-5-11(6-13)18-14(22)7-12-9-26-17(19-12)20-16(25)10(2)3/h9-11,13H,4-8H2,1-3H3,(H,18,22)(H,23,24)(H,19,20,25). The van der Waals surface area contributed by atoms with E-state index >= 15 is 0 Å². The molecule has 0 radical (unpaired) electrons. The van der Waals surface area contributed by atoms with E-state index in [2.05, 4.69) is 15.6 Å². The highest BCUT2D eigenvalue weighted by molar-refractivity contribution is 7.13. The summed E-state index contributed by atoms with van der Waals surface area (Å²) in [5.74, 6) is -1.16. The Morgan fingerprint density at radius 1 is 1.38 bits per heavy atom. The Hall–Kier alpha value is -2.00. The number of thiazole rings is 1. The van der Waals surface area contributed by atoms with Crippen LogP contribution >= 0.6 is 11.3 Å². The van der Waals surface area contributed by atoms with Crippen LogP contribution in [0.25, 0.3) is 0 Å². The molecule has 9 heteroatoms. The highest BCUT2D eigenvalue weighted by Crippen LogP contribution is 2.25. The number of carbonyl (C=O) groups excluding carboxylic acids is 2. The summed E-state index contributed by atoms with van der Waals surface area (Å²) < 4.78 is 0. The first-order valence-electron chi connectivity index (χ1n) is 8.79. The van der Waals surface area contributed by atoms with Crippen LogP contribution in [-0.4, -0.2) is 57.9 Å². The number of hydrogen-bond donors (Lipinski definition) is 3. The summed E-state index contributed by atoms with van der Waals surface area (Å²) in [6, 6.07) is 0.285. The van der Waals surface area contributed by atoms with Crippen molar-refractivity contribution in [1.82, 2.24) is 15.2 Å². The van der Waals surface area contributed by atoms with Gasteiger partial charge in [-0.1, -0.05) is 20.8 Å². The first-order chi connectivity index (χ1) is 12.3. The molecular weight excluding hydrogens is 356 g/mol. The zero-order chi connectivity index (χ0) is 19.3. The van der Waals surface area contributed by atoms with Gasteiger partial charge in [0.05, 0.1) is 18.7 Å². The summed E-state index contributed by atoms with van der Waals surface area (Å²) in [6.07, 6.45) is 1.70. The lowest BCUT2D eigenvalue weighted by Gasteiger charge is -2.42. The van der Waals surface area contributed by atoms with Gasteiger partial charge in [-0.15, -0.1) is 11.3 Å². The van der Waals surface area contributed by atoms with Crippen molar-refractivity contribution >= 4 is 34.3 Å². The Kier molecular flexibility index (Phi) is 7.10. The van der Waals surface area contributed by atoms with Crippen molar-refractivity contribution in [3.63, 3.8) is 0 Å². The van der Waals surface area contributed by atoms with Crippen LogP contribution in [0, 0.1) is 5.92 Å². The minimum absolute atomic E-state index is 0.0333. The molecular formula is C17H26N4O4S. The molecule has 0 unspecified atom stereocenters. The summed E-state index contributed by atoms with van der Waals surface area (Å²) >= 11 is 1.30. The third-order valence-corrected chi connectivity index (χ3v) is 5.19. The highest BCUT2D eigenvalue weighted by Gasteiger charge is 2.34. The molecule has 8 nitrogen and oxygen atoms in total. The average Bonchev–Trinajstić information content (AvgIpc) is 2.95. The van der Waals surface area contributed by atoms with E-state index in [-0.39, 0.29) is 42.8 Å². The first-order valence-corrected chi connectivity index (χ1v) is 9.66. The number of rotatable bonds is 9. The van der Waals surface area contributed by atoms with Crippen molar-refractivity contribution in [2.24, 2.45) is 5.92 Å². The molecule has 1 aliphatic rings. The molecule has 1 aromatic heterocycles. The summed E-state index contributed by atoms with van der Waals surface area (Å²) in [4.78, 5) is 40.8. The maximum Gasteiger partial charge on any atom is 0.317 e. The Bertz CT molecular complexity index is 655. The van der Waals surface area contributed by atoms with Gasteiger partial charge in [-0.05, 0) is 19.4 Å². The first kappa shape index (κ1) is 20.3. The second-order valence-electron chi connectivity index (χ2n) is 6.81. The number of carbonyl (C=O) groups is 3. The van der Waals surface area contributed by atoms with Gasteiger partial charge in [-0.25, -0.2) is 4.98 Å². The minimum atomic E-state index is -0.830. The van der Waals surface area contributed by atoms with Gasteiger partial charge in [0.2, 0.25) is 11.8 Å². The maximum absolute atomic E-state index is 12.1. The van der Waals surface area contributed by atoms with Gasteiger partial charge < -0.3 is 15.7 Å². The second-order valence-corrected chi connectivity index (χ2v) is 7.67. The van der Waals surface area contributed by atoms with Gasteiger partial charge in [0.25, 0.3) is 0 Å². The van der Waals surface area contributed by atoms with Crippen molar-refractivity contribution in [2.45, 2.75) is 52.1 Å². The number of anilines is 1. The van der Waals surface area contributed by atoms with Crippen LogP contribution in [-0.2, 0) is 20.8 Å². The average molecular weight is 382 g/mol. The molecule has 2 rings (SSSR count). The fourth-order valence-electron chi connectivity index (χ4n) is 2.82. The van der Waals surface area contributed by atoms with E-state index < -0.39 is 5.97 Å². The third-order valence-electron chi connectivity index (χ3n) is 4.39. The quantitative estimate of drug-likeness (QED) is 0.594. The molecule has 1 fully saturated rings. The van der Waals surface area contributed by atoms with E-state index in [1.165, 1.54) is 11.3 Å². The summed E-state index contributed by atoms with van der Waals surface area (Å²) in [5, 5.41) is 16.9. The lowest BCUT2D eigenvalue weighted by atomic mass is 9.85. The van der Waals surface area contributed by atoms with Gasteiger partial charge in [-0.2, -0.15) is 0 Å². The Balaban J connectivity index is 1.74. The zero-order valence-electron chi connectivity index (χ0n) is 15.3. The molecule has 1 saturated carbocycles. The van der Waals surface area contributed by atoms with Crippen LogP contribution in [0.3, 0.4) is 0 Å². The van der Waals surface area contributed by atoms with E-state index in [4.69, 9.17) is 5.11 Å². The summed E-state index contributed by atoms with van der Waals surface area (Å²) in [5.41, 5.74) is 0.628. The van der Waals surface area contributed by atoms with Crippen molar-refractivity contribution in [1.29, 1.82) is 0 Å². The summed E-state index contributed by atoms with van der Waals surface area (Å²) in [7, 11) is 0. The maximum atomic E-state index is 12.1. The van der Waals surface area contributed by atoms with E-state index in [1.807, 2.05) is 11.8 Å². The predicted molar refractivity (Wildman–Crippen MR) is 99.1 cm³/mol. The van der Waals surface area contributed by atoms with Crippen molar-refractivity contribution < 1.29 is 19.5 Å². The van der Waals surface area contributed by atoms with E-state index in [1.54, 1.807) is 19.2 Å². The topological polar surface area (TPSA) is 112 Å². The molecule has 0 atom stereocenters. The van der Waals surface area contributed by atoms with Gasteiger partial charge in [0.15, 0.2) is 5.13 Å². The number of amides is 2. The van der Waals surface area contributed by atoms with Gasteiger partial charge in [-0.3, -0.25) is 19.3 Å². The molecule has 0 aliphatic heterocycles. The zero-order valence-corrected chi connectivity index (χ0v) is 16.1. The van der Waals surface area contributed by atoms with Crippen LogP contribution in [0.1, 0.15) is 39.3 Å². The number of nitrogens with zero attached hydrogens (tertiary/aromatic N) is 2. The van der Waals surface area contributed by atoms with Gasteiger partial charge >= 0.3 is 5.97 Å². The van der Waals surface area contributed by atoms with Crippen LogP contribution in [0.2, 0.25) is 0 Å². The number of carboxylic acid groups (broad SMARTS) is 1. The normalized spacial score (nSPS) is 19.3. The van der Waals surface area contributed by atoms with E-state index in [0.29, 0.717) is 17.4 Å². The number of carboxylic acids is 1. The molecule has 0 spiro atoms. The lowest BCUT2D eigenvalue weighted by Crippen LogP contribution is -2.55. The molecule has 0 bridgehead atoms. The number of hydrogen-bond acceptors (Lipinski definition) is 6. The lowest BCUT2D eigenvalue weighted by molar-refractivity contribution is -0.139. The number of aromatic nitrogens is 1. The van der Waals surface area contributed by atoms with Gasteiger partial charge in [0, 0.05) is 23.4 Å². The second kappa shape index (κ2) is 9.09. The summed E-state index contributed by atoms with van der Waals surface area (Å²) in [6.45, 7) is 6.26. The molecule has 1 heterocycles. The van der Waals surface area contributed by atoms with E-state index in [9.17, 15) is 14.4 Å². The van der Waals surface area contributed by atoms with Gasteiger partial charge in [0.1, 0.15) is 0 Å². The predicted octanol–water partition coefficient (Wildman–Crippen LogP) is 1.33. The molecule has 144 valence electrons. The number of aliphatic carboxylic acids is 1. The van der Waals surface area contributed by atoms with Crippen LogP contribution in [0.5, 0.6) is 0 Å².